The van der Waals surface area contributed by atoms with Gasteiger partial charge in [0.05, 0.1) is 4.90 Å². The third-order valence-electron chi connectivity index (χ3n) is 4.29. The lowest BCUT2D eigenvalue weighted by Gasteiger charge is -2.06. The predicted molar refractivity (Wildman–Crippen MR) is 119 cm³/mol. The molecule has 1 heterocycles. The van der Waals surface area contributed by atoms with E-state index < -0.39 is 10.0 Å². The van der Waals surface area contributed by atoms with Crippen LogP contribution in [-0.4, -0.2) is 24.4 Å². The molecule has 0 fully saturated rings. The summed E-state index contributed by atoms with van der Waals surface area (Å²) in [5.74, 6) is -0.114. The van der Waals surface area contributed by atoms with Gasteiger partial charge in [0.2, 0.25) is 5.13 Å². The third-order valence-corrected chi connectivity index (χ3v) is 6.75. The summed E-state index contributed by atoms with van der Waals surface area (Å²) in [6.45, 7) is 3.99. The van der Waals surface area contributed by atoms with Crippen molar-refractivity contribution in [2.45, 2.75) is 31.6 Å². The van der Waals surface area contributed by atoms with E-state index in [2.05, 4.69) is 27.2 Å². The molecule has 3 aromatic rings. The average Bonchev–Trinajstić information content (AvgIpc) is 3.21. The molecule has 0 unspecified atom stereocenters. The summed E-state index contributed by atoms with van der Waals surface area (Å²) in [5, 5.41) is 11.7. The van der Waals surface area contributed by atoms with E-state index >= 15 is 0 Å². The molecule has 0 bridgehead atoms. The Balaban J connectivity index is 1.60. The molecular formula is C21H22N4O3S2. The normalized spacial score (nSPS) is 11.5. The van der Waals surface area contributed by atoms with Gasteiger partial charge in [-0.05, 0) is 42.7 Å². The molecule has 156 valence electrons. The summed E-state index contributed by atoms with van der Waals surface area (Å²) in [6, 6.07) is 13.7. The SMILES string of the molecule is CCc1ccc(C(=O)/C=C\Nc2ccc(S(=O)(=O)Nc3nnc(CC)s3)cc2)cc1. The molecule has 7 nitrogen and oxygen atoms in total. The van der Waals surface area contributed by atoms with E-state index in [1.807, 2.05) is 19.1 Å². The van der Waals surface area contributed by atoms with Crippen molar-refractivity contribution in [3.63, 3.8) is 0 Å². The maximum atomic E-state index is 12.5. The standard InChI is InChI=1S/C21H22N4O3S2/c1-3-15-5-7-16(8-6-15)19(26)13-14-22-17-9-11-18(12-10-17)30(27,28)25-21-24-23-20(4-2)29-21/h5-14,22H,3-4H2,1-2H3,(H,24,25)/b14-13-. The van der Waals surface area contributed by atoms with Crippen LogP contribution in [0.25, 0.3) is 0 Å². The zero-order valence-electron chi connectivity index (χ0n) is 16.6. The van der Waals surface area contributed by atoms with Crippen LogP contribution in [0.3, 0.4) is 0 Å². The number of benzene rings is 2. The Bertz CT molecular complexity index is 1140. The largest absolute Gasteiger partial charge is 0.362 e. The summed E-state index contributed by atoms with van der Waals surface area (Å²) in [5.41, 5.74) is 2.44. The molecule has 30 heavy (non-hydrogen) atoms. The topological polar surface area (TPSA) is 101 Å². The molecule has 0 saturated heterocycles. The van der Waals surface area contributed by atoms with E-state index in [1.54, 1.807) is 24.3 Å². The highest BCUT2D eigenvalue weighted by Crippen LogP contribution is 2.21. The van der Waals surface area contributed by atoms with Gasteiger partial charge >= 0.3 is 0 Å². The van der Waals surface area contributed by atoms with Gasteiger partial charge in [-0.25, -0.2) is 8.42 Å². The lowest BCUT2D eigenvalue weighted by molar-refractivity contribution is 0.104. The van der Waals surface area contributed by atoms with Crippen molar-refractivity contribution in [1.29, 1.82) is 0 Å². The van der Waals surface area contributed by atoms with E-state index in [4.69, 9.17) is 0 Å². The van der Waals surface area contributed by atoms with Crippen LogP contribution in [0.5, 0.6) is 0 Å². The molecule has 0 radical (unpaired) electrons. The number of aryl methyl sites for hydroxylation is 2. The fraction of sp³-hybridized carbons (Fsp3) is 0.190. The molecule has 0 saturated carbocycles. The second-order valence-corrected chi connectivity index (χ2v) is 9.12. The second kappa shape index (κ2) is 9.64. The third kappa shape index (κ3) is 5.52. The molecule has 3 rings (SSSR count). The predicted octanol–water partition coefficient (Wildman–Crippen LogP) is 4.27. The van der Waals surface area contributed by atoms with Crippen LogP contribution in [0, 0.1) is 0 Å². The Hall–Kier alpha value is -3.04. The monoisotopic (exact) mass is 442 g/mol. The van der Waals surface area contributed by atoms with Crippen LogP contribution in [0.1, 0.15) is 34.8 Å². The van der Waals surface area contributed by atoms with Crippen molar-refractivity contribution in [2.24, 2.45) is 0 Å². The van der Waals surface area contributed by atoms with Gasteiger partial charge in [0.25, 0.3) is 10.0 Å². The molecule has 0 aliphatic heterocycles. The quantitative estimate of drug-likeness (QED) is 0.379. The molecule has 0 spiro atoms. The van der Waals surface area contributed by atoms with E-state index in [0.29, 0.717) is 17.7 Å². The first-order valence-electron chi connectivity index (χ1n) is 9.43. The number of carbonyl (C=O) groups is 1. The molecule has 0 atom stereocenters. The van der Waals surface area contributed by atoms with Crippen LogP contribution >= 0.6 is 11.3 Å². The number of hydrogen-bond donors (Lipinski definition) is 2. The highest BCUT2D eigenvalue weighted by atomic mass is 32.2. The van der Waals surface area contributed by atoms with Gasteiger partial charge in [-0.15, -0.1) is 10.2 Å². The molecular weight excluding hydrogens is 420 g/mol. The highest BCUT2D eigenvalue weighted by Gasteiger charge is 2.16. The lowest BCUT2D eigenvalue weighted by atomic mass is 10.1. The van der Waals surface area contributed by atoms with Gasteiger partial charge in [-0.1, -0.05) is 49.4 Å². The van der Waals surface area contributed by atoms with Crippen LogP contribution in [0.2, 0.25) is 0 Å². The van der Waals surface area contributed by atoms with E-state index in [1.165, 1.54) is 41.3 Å². The van der Waals surface area contributed by atoms with Crippen molar-refractivity contribution in [1.82, 2.24) is 10.2 Å². The van der Waals surface area contributed by atoms with Gasteiger partial charge in [-0.2, -0.15) is 0 Å². The number of hydrogen-bond acceptors (Lipinski definition) is 7. The highest BCUT2D eigenvalue weighted by molar-refractivity contribution is 7.93. The average molecular weight is 443 g/mol. The van der Waals surface area contributed by atoms with E-state index in [-0.39, 0.29) is 15.8 Å². The maximum Gasteiger partial charge on any atom is 0.263 e. The van der Waals surface area contributed by atoms with Crippen molar-refractivity contribution in [2.75, 3.05) is 10.0 Å². The minimum Gasteiger partial charge on any atom is -0.362 e. The lowest BCUT2D eigenvalue weighted by Crippen LogP contribution is -2.12. The minimum absolute atomic E-state index is 0.109. The number of rotatable bonds is 9. The summed E-state index contributed by atoms with van der Waals surface area (Å²) < 4.78 is 27.4. The Morgan fingerprint density at radius 1 is 1.00 bits per heavy atom. The maximum absolute atomic E-state index is 12.5. The number of anilines is 2. The van der Waals surface area contributed by atoms with Crippen molar-refractivity contribution in [3.05, 3.63) is 76.9 Å². The number of aromatic nitrogens is 2. The van der Waals surface area contributed by atoms with Crippen molar-refractivity contribution in [3.8, 4) is 0 Å². The zero-order valence-corrected chi connectivity index (χ0v) is 18.3. The second-order valence-electron chi connectivity index (χ2n) is 6.38. The molecule has 0 amide bonds. The Morgan fingerprint density at radius 3 is 2.30 bits per heavy atom. The molecule has 0 aliphatic rings. The first-order chi connectivity index (χ1) is 14.4. The first kappa shape index (κ1) is 21.7. The number of sulfonamides is 1. The van der Waals surface area contributed by atoms with Crippen molar-refractivity contribution < 1.29 is 13.2 Å². The number of carbonyl (C=O) groups excluding carboxylic acids is 1. The minimum atomic E-state index is -3.74. The van der Waals surface area contributed by atoms with Gasteiger partial charge < -0.3 is 5.32 Å². The van der Waals surface area contributed by atoms with Crippen LogP contribution < -0.4 is 10.0 Å². The van der Waals surface area contributed by atoms with Gasteiger partial charge in [0.15, 0.2) is 5.78 Å². The fourth-order valence-electron chi connectivity index (χ4n) is 2.56. The van der Waals surface area contributed by atoms with E-state index in [9.17, 15) is 13.2 Å². The van der Waals surface area contributed by atoms with Crippen molar-refractivity contribution >= 4 is 38.0 Å². The zero-order chi connectivity index (χ0) is 21.6. The van der Waals surface area contributed by atoms with Crippen LogP contribution in [0.4, 0.5) is 10.8 Å². The molecule has 0 aliphatic carbocycles. The summed E-state index contributed by atoms with van der Waals surface area (Å²) in [4.78, 5) is 12.3. The molecule has 1 aromatic heterocycles. The molecule has 2 N–H and O–H groups in total. The smallest absolute Gasteiger partial charge is 0.263 e. The first-order valence-corrected chi connectivity index (χ1v) is 11.7. The van der Waals surface area contributed by atoms with E-state index in [0.717, 1.165) is 11.4 Å². The fourth-order valence-corrected chi connectivity index (χ4v) is 4.47. The number of nitrogens with zero attached hydrogens (tertiary/aromatic N) is 2. The van der Waals surface area contributed by atoms with Gasteiger partial charge in [-0.3, -0.25) is 9.52 Å². The van der Waals surface area contributed by atoms with Crippen LogP contribution in [-0.2, 0) is 22.9 Å². The Labute approximate surface area is 179 Å². The Kier molecular flexibility index (Phi) is 6.96. The van der Waals surface area contributed by atoms with Crippen LogP contribution in [0.15, 0.2) is 65.7 Å². The molecule has 2 aromatic carbocycles. The Morgan fingerprint density at radius 2 is 1.70 bits per heavy atom. The summed E-state index contributed by atoms with van der Waals surface area (Å²) >= 11 is 1.21. The van der Waals surface area contributed by atoms with Gasteiger partial charge in [0, 0.05) is 23.5 Å². The summed E-state index contributed by atoms with van der Waals surface area (Å²) in [7, 11) is -3.74. The summed E-state index contributed by atoms with van der Waals surface area (Å²) in [6.07, 6.45) is 4.59. The number of allylic oxidation sites excluding steroid dienone is 1. The molecule has 9 heteroatoms. The number of ketones is 1. The number of nitrogens with one attached hydrogen (secondary N) is 2. The van der Waals surface area contributed by atoms with Gasteiger partial charge in [0.1, 0.15) is 5.01 Å².